The van der Waals surface area contributed by atoms with E-state index in [0.29, 0.717) is 17.1 Å². The summed E-state index contributed by atoms with van der Waals surface area (Å²) in [5.74, 6) is 1.36. The number of hydrogen-bond acceptors (Lipinski definition) is 4. The van der Waals surface area contributed by atoms with Crippen LogP contribution in [0, 0.1) is 11.3 Å². The molecule has 0 aliphatic rings. The summed E-state index contributed by atoms with van der Waals surface area (Å²) in [4.78, 5) is 0. The van der Waals surface area contributed by atoms with Crippen molar-refractivity contribution in [2.24, 2.45) is 0 Å². The minimum atomic E-state index is 0.553. The summed E-state index contributed by atoms with van der Waals surface area (Å²) < 4.78 is 11.3. The van der Waals surface area contributed by atoms with Gasteiger partial charge in [0.2, 0.25) is 0 Å². The molecule has 20 heavy (non-hydrogen) atoms. The third-order valence-corrected chi connectivity index (χ3v) is 3.27. The Morgan fingerprint density at radius 1 is 1.05 bits per heavy atom. The molecular formula is C15H13BrN2O2. The SMILES string of the molecule is COc1ccc(Nc2ccc(Br)cc2C#N)c(OC)c1. The highest BCUT2D eigenvalue weighted by Gasteiger charge is 2.08. The second-order valence-corrected chi connectivity index (χ2v) is 4.91. The van der Waals surface area contributed by atoms with Crippen molar-refractivity contribution in [3.8, 4) is 17.6 Å². The minimum absolute atomic E-state index is 0.553. The molecule has 2 aromatic carbocycles. The molecule has 2 aromatic rings. The van der Waals surface area contributed by atoms with Crippen LogP contribution in [0.4, 0.5) is 11.4 Å². The zero-order valence-electron chi connectivity index (χ0n) is 11.1. The van der Waals surface area contributed by atoms with Crippen molar-refractivity contribution in [3.05, 3.63) is 46.4 Å². The molecule has 0 fully saturated rings. The van der Waals surface area contributed by atoms with Crippen LogP contribution in [0.15, 0.2) is 40.9 Å². The maximum Gasteiger partial charge on any atom is 0.145 e. The fraction of sp³-hybridized carbons (Fsp3) is 0.133. The Morgan fingerprint density at radius 3 is 2.45 bits per heavy atom. The Morgan fingerprint density at radius 2 is 1.80 bits per heavy atom. The number of anilines is 2. The first kappa shape index (κ1) is 14.2. The first-order valence-corrected chi connectivity index (χ1v) is 6.66. The highest BCUT2D eigenvalue weighted by atomic mass is 79.9. The molecule has 0 aliphatic heterocycles. The first-order chi connectivity index (χ1) is 9.67. The predicted molar refractivity (Wildman–Crippen MR) is 81.7 cm³/mol. The molecule has 0 heterocycles. The topological polar surface area (TPSA) is 54.3 Å². The van der Waals surface area contributed by atoms with Gasteiger partial charge in [0.25, 0.3) is 0 Å². The number of halogens is 1. The molecule has 5 heteroatoms. The molecule has 2 rings (SSSR count). The Hall–Kier alpha value is -2.19. The highest BCUT2D eigenvalue weighted by molar-refractivity contribution is 9.10. The molecule has 0 bridgehead atoms. The van der Waals surface area contributed by atoms with Gasteiger partial charge in [-0.05, 0) is 30.3 Å². The minimum Gasteiger partial charge on any atom is -0.497 e. The van der Waals surface area contributed by atoms with Crippen molar-refractivity contribution in [3.63, 3.8) is 0 Å². The number of benzene rings is 2. The number of nitrogens with zero attached hydrogens (tertiary/aromatic N) is 1. The second-order valence-electron chi connectivity index (χ2n) is 3.99. The predicted octanol–water partition coefficient (Wildman–Crippen LogP) is 4.08. The van der Waals surface area contributed by atoms with Gasteiger partial charge in [0.05, 0.1) is 31.2 Å². The van der Waals surface area contributed by atoms with Crippen molar-refractivity contribution in [2.75, 3.05) is 19.5 Å². The lowest BCUT2D eigenvalue weighted by atomic mass is 10.2. The number of nitrogens with one attached hydrogen (secondary N) is 1. The molecule has 1 N–H and O–H groups in total. The van der Waals surface area contributed by atoms with Crippen molar-refractivity contribution < 1.29 is 9.47 Å². The largest absolute Gasteiger partial charge is 0.497 e. The summed E-state index contributed by atoms with van der Waals surface area (Å²) in [6.45, 7) is 0. The van der Waals surface area contributed by atoms with Crippen LogP contribution in [0.2, 0.25) is 0 Å². The maximum absolute atomic E-state index is 9.17. The van der Waals surface area contributed by atoms with Crippen LogP contribution in [-0.2, 0) is 0 Å². The Kier molecular flexibility index (Phi) is 4.49. The molecule has 0 unspecified atom stereocenters. The van der Waals surface area contributed by atoms with E-state index < -0.39 is 0 Å². The Balaban J connectivity index is 2.37. The fourth-order valence-corrected chi connectivity index (χ4v) is 2.13. The number of ether oxygens (including phenoxy) is 2. The van der Waals surface area contributed by atoms with Crippen LogP contribution in [-0.4, -0.2) is 14.2 Å². The van der Waals surface area contributed by atoms with Gasteiger partial charge in [-0.25, -0.2) is 0 Å². The average molecular weight is 333 g/mol. The standard InChI is InChI=1S/C15H13BrN2O2/c1-19-12-4-6-14(15(8-12)20-2)18-13-5-3-11(16)7-10(13)9-17/h3-8,18H,1-2H3. The van der Waals surface area contributed by atoms with Gasteiger partial charge in [-0.15, -0.1) is 0 Å². The van der Waals surface area contributed by atoms with Crippen LogP contribution in [0.5, 0.6) is 11.5 Å². The van der Waals surface area contributed by atoms with Crippen LogP contribution in [0.3, 0.4) is 0 Å². The monoisotopic (exact) mass is 332 g/mol. The van der Waals surface area contributed by atoms with Crippen LogP contribution < -0.4 is 14.8 Å². The molecule has 0 spiro atoms. The van der Waals surface area contributed by atoms with Crippen molar-refractivity contribution in [2.45, 2.75) is 0 Å². The fourth-order valence-electron chi connectivity index (χ4n) is 1.76. The lowest BCUT2D eigenvalue weighted by molar-refractivity contribution is 0.395. The molecule has 0 radical (unpaired) electrons. The van der Waals surface area contributed by atoms with E-state index in [9.17, 15) is 0 Å². The summed E-state index contributed by atoms with van der Waals surface area (Å²) in [6.07, 6.45) is 0. The summed E-state index contributed by atoms with van der Waals surface area (Å²) in [5, 5.41) is 12.4. The molecular weight excluding hydrogens is 320 g/mol. The van der Waals surface area contributed by atoms with Crippen molar-refractivity contribution in [1.82, 2.24) is 0 Å². The van der Waals surface area contributed by atoms with Gasteiger partial charge in [-0.2, -0.15) is 5.26 Å². The van der Waals surface area contributed by atoms with E-state index in [1.165, 1.54) is 0 Å². The average Bonchev–Trinajstić information content (AvgIpc) is 2.49. The van der Waals surface area contributed by atoms with Crippen LogP contribution >= 0.6 is 15.9 Å². The molecule has 0 aliphatic carbocycles. The summed E-state index contributed by atoms with van der Waals surface area (Å²) >= 11 is 3.35. The third kappa shape index (κ3) is 3.03. The first-order valence-electron chi connectivity index (χ1n) is 5.86. The smallest absolute Gasteiger partial charge is 0.145 e. The number of rotatable bonds is 4. The van der Waals surface area contributed by atoms with E-state index in [4.69, 9.17) is 14.7 Å². The van der Waals surface area contributed by atoms with E-state index in [-0.39, 0.29) is 0 Å². The van der Waals surface area contributed by atoms with E-state index >= 15 is 0 Å². The van der Waals surface area contributed by atoms with Crippen molar-refractivity contribution >= 4 is 27.3 Å². The molecule has 0 saturated carbocycles. The Labute approximate surface area is 126 Å². The van der Waals surface area contributed by atoms with Crippen molar-refractivity contribution in [1.29, 1.82) is 5.26 Å². The van der Waals surface area contributed by atoms with E-state index in [1.54, 1.807) is 26.4 Å². The second kappa shape index (κ2) is 6.31. The maximum atomic E-state index is 9.17. The zero-order chi connectivity index (χ0) is 14.5. The lowest BCUT2D eigenvalue weighted by Gasteiger charge is -2.13. The van der Waals surface area contributed by atoms with Crippen LogP contribution in [0.25, 0.3) is 0 Å². The number of hydrogen-bond donors (Lipinski definition) is 1. The van der Waals surface area contributed by atoms with Gasteiger partial charge in [0, 0.05) is 10.5 Å². The van der Waals surface area contributed by atoms with Gasteiger partial charge in [0.15, 0.2) is 0 Å². The number of methoxy groups -OCH3 is 2. The summed E-state index contributed by atoms with van der Waals surface area (Å²) in [6, 6.07) is 13.1. The summed E-state index contributed by atoms with van der Waals surface area (Å²) in [5.41, 5.74) is 2.04. The molecule has 0 atom stereocenters. The van der Waals surface area contributed by atoms with Gasteiger partial charge < -0.3 is 14.8 Å². The normalized spacial score (nSPS) is 9.70. The molecule has 102 valence electrons. The van der Waals surface area contributed by atoms with Gasteiger partial charge in [-0.1, -0.05) is 15.9 Å². The lowest BCUT2D eigenvalue weighted by Crippen LogP contribution is -1.97. The van der Waals surface area contributed by atoms with Gasteiger partial charge >= 0.3 is 0 Å². The van der Waals surface area contributed by atoms with E-state index in [2.05, 4.69) is 27.3 Å². The molecule has 0 aromatic heterocycles. The Bertz CT molecular complexity index is 665. The molecule has 0 amide bonds. The van der Waals surface area contributed by atoms with E-state index in [0.717, 1.165) is 15.8 Å². The highest BCUT2D eigenvalue weighted by Crippen LogP contribution is 2.33. The quantitative estimate of drug-likeness (QED) is 0.916. The van der Waals surface area contributed by atoms with Gasteiger partial charge in [-0.3, -0.25) is 0 Å². The molecule has 4 nitrogen and oxygen atoms in total. The van der Waals surface area contributed by atoms with Gasteiger partial charge in [0.1, 0.15) is 17.6 Å². The van der Waals surface area contributed by atoms with Crippen LogP contribution in [0.1, 0.15) is 5.56 Å². The number of nitriles is 1. The van der Waals surface area contributed by atoms with E-state index in [1.807, 2.05) is 24.3 Å². The molecule has 0 saturated heterocycles. The third-order valence-electron chi connectivity index (χ3n) is 2.78. The summed E-state index contributed by atoms with van der Waals surface area (Å²) in [7, 11) is 3.19. The zero-order valence-corrected chi connectivity index (χ0v) is 12.7.